The van der Waals surface area contributed by atoms with Crippen molar-refractivity contribution in [2.24, 2.45) is 17.6 Å². The predicted octanol–water partition coefficient (Wildman–Crippen LogP) is 1.78. The number of carbonyl (C=O) groups excluding carboxylic acids is 1. The Bertz CT molecular complexity index is 274. The highest BCUT2D eigenvalue weighted by Crippen LogP contribution is 2.40. The van der Waals surface area contributed by atoms with Gasteiger partial charge in [-0.1, -0.05) is 6.92 Å². The molecule has 0 spiro atoms. The molecule has 0 saturated heterocycles. The number of rotatable bonds is 4. The average molecular weight is 280 g/mol. The molecule has 0 bridgehead atoms. The molecule has 0 aliphatic rings. The van der Waals surface area contributed by atoms with E-state index in [2.05, 4.69) is 0 Å². The summed E-state index contributed by atoms with van der Waals surface area (Å²) in [6.07, 6.45) is -11.3. The molecular weight excluding hydrogens is 266 g/mol. The van der Waals surface area contributed by atoms with Gasteiger partial charge in [-0.25, -0.2) is 0 Å². The molecule has 1 amide bonds. The molecule has 0 heterocycles. The highest BCUT2D eigenvalue weighted by Gasteiger charge is 2.61. The van der Waals surface area contributed by atoms with Crippen LogP contribution in [0.25, 0.3) is 0 Å². The van der Waals surface area contributed by atoms with E-state index in [4.69, 9.17) is 5.73 Å². The van der Waals surface area contributed by atoms with Gasteiger partial charge < -0.3 is 10.6 Å². The summed E-state index contributed by atoms with van der Waals surface area (Å²) in [4.78, 5) is 11.6. The quantitative estimate of drug-likeness (QED) is 0.798. The number of hydrogen-bond donors (Lipinski definition) is 1. The van der Waals surface area contributed by atoms with Gasteiger partial charge in [-0.15, -0.1) is 0 Å². The molecular formula is C9H14F6N2O. The van der Waals surface area contributed by atoms with Crippen molar-refractivity contribution in [3.05, 3.63) is 0 Å². The van der Waals surface area contributed by atoms with Gasteiger partial charge in [0.25, 0.3) is 0 Å². The summed E-state index contributed by atoms with van der Waals surface area (Å²) < 4.78 is 73.5. The summed E-state index contributed by atoms with van der Waals surface area (Å²) in [6, 6.07) is 0. The van der Waals surface area contributed by atoms with Gasteiger partial charge in [0.2, 0.25) is 11.8 Å². The number of carbonyl (C=O) groups is 1. The Morgan fingerprint density at radius 3 is 1.83 bits per heavy atom. The summed E-state index contributed by atoms with van der Waals surface area (Å²) in [7, 11) is 0.888. The van der Waals surface area contributed by atoms with Crippen molar-refractivity contribution < 1.29 is 31.1 Å². The fourth-order valence-electron chi connectivity index (χ4n) is 1.32. The maximum Gasteiger partial charge on any atom is 0.409 e. The van der Waals surface area contributed by atoms with E-state index < -0.39 is 24.2 Å². The molecule has 18 heavy (non-hydrogen) atoms. The maximum atomic E-state index is 12.3. The van der Waals surface area contributed by atoms with Crippen LogP contribution < -0.4 is 5.73 Å². The van der Waals surface area contributed by atoms with Gasteiger partial charge in [0, 0.05) is 13.6 Å². The Morgan fingerprint density at radius 2 is 1.56 bits per heavy atom. The van der Waals surface area contributed by atoms with Crippen molar-refractivity contribution in [1.82, 2.24) is 4.90 Å². The zero-order chi connectivity index (χ0) is 14.7. The van der Waals surface area contributed by atoms with Crippen molar-refractivity contribution in [2.45, 2.75) is 19.3 Å². The van der Waals surface area contributed by atoms with Crippen LogP contribution in [0.1, 0.15) is 6.92 Å². The monoisotopic (exact) mass is 280 g/mol. The fourth-order valence-corrected chi connectivity index (χ4v) is 1.32. The van der Waals surface area contributed by atoms with Crippen molar-refractivity contribution in [2.75, 3.05) is 20.1 Å². The van der Waals surface area contributed by atoms with Gasteiger partial charge in [0.15, 0.2) is 0 Å². The fraction of sp³-hybridized carbons (Fsp3) is 0.889. The van der Waals surface area contributed by atoms with Crippen LogP contribution in [0.3, 0.4) is 0 Å². The average Bonchev–Trinajstić information content (AvgIpc) is 2.12. The summed E-state index contributed by atoms with van der Waals surface area (Å²) in [6.45, 7) is 1.30. The van der Waals surface area contributed by atoms with E-state index in [1.165, 1.54) is 6.92 Å². The highest BCUT2D eigenvalue weighted by atomic mass is 19.4. The molecule has 0 aromatic heterocycles. The largest absolute Gasteiger partial charge is 0.409 e. The first-order valence-corrected chi connectivity index (χ1v) is 4.99. The normalized spacial score (nSPS) is 14.8. The number of nitrogens with two attached hydrogens (primary N) is 1. The minimum atomic E-state index is -5.66. The van der Waals surface area contributed by atoms with Gasteiger partial charge in [-0.3, -0.25) is 4.79 Å². The molecule has 0 aliphatic carbocycles. The maximum absolute atomic E-state index is 12.3. The van der Waals surface area contributed by atoms with E-state index >= 15 is 0 Å². The Hall–Kier alpha value is -0.990. The third kappa shape index (κ3) is 4.71. The van der Waals surface area contributed by atoms with E-state index in [-0.39, 0.29) is 19.0 Å². The second-order valence-corrected chi connectivity index (χ2v) is 4.08. The van der Waals surface area contributed by atoms with E-state index in [0.29, 0.717) is 4.90 Å². The van der Waals surface area contributed by atoms with Gasteiger partial charge >= 0.3 is 12.4 Å². The molecule has 0 radical (unpaired) electrons. The van der Waals surface area contributed by atoms with Crippen molar-refractivity contribution >= 4 is 5.91 Å². The minimum absolute atomic E-state index is 0.0559. The third-order valence-electron chi connectivity index (χ3n) is 2.27. The first-order chi connectivity index (χ1) is 7.91. The predicted molar refractivity (Wildman–Crippen MR) is 51.5 cm³/mol. The Balaban J connectivity index is 5.00. The number of halogens is 6. The number of nitrogens with zero attached hydrogens (tertiary/aromatic N) is 1. The molecule has 3 nitrogen and oxygen atoms in total. The van der Waals surface area contributed by atoms with E-state index in [0.717, 1.165) is 7.05 Å². The molecule has 0 rings (SSSR count). The lowest BCUT2D eigenvalue weighted by Crippen LogP contribution is -2.49. The van der Waals surface area contributed by atoms with Crippen molar-refractivity contribution in [3.8, 4) is 0 Å². The van der Waals surface area contributed by atoms with Crippen LogP contribution >= 0.6 is 0 Å². The molecule has 1 unspecified atom stereocenters. The third-order valence-corrected chi connectivity index (χ3v) is 2.27. The summed E-state index contributed by atoms with van der Waals surface area (Å²) >= 11 is 0. The van der Waals surface area contributed by atoms with Crippen LogP contribution in [0, 0.1) is 11.8 Å². The zero-order valence-electron chi connectivity index (χ0n) is 9.77. The van der Waals surface area contributed by atoms with E-state index in [1.54, 1.807) is 0 Å². The van der Waals surface area contributed by atoms with Crippen LogP contribution in [0.2, 0.25) is 0 Å². The van der Waals surface area contributed by atoms with Crippen LogP contribution in [0.15, 0.2) is 0 Å². The van der Waals surface area contributed by atoms with Gasteiger partial charge in [-0.05, 0) is 12.5 Å². The Labute approximate surface area is 99.9 Å². The number of alkyl halides is 6. The summed E-state index contributed by atoms with van der Waals surface area (Å²) in [5.74, 6) is -6.39. The van der Waals surface area contributed by atoms with Crippen LogP contribution in [0.5, 0.6) is 0 Å². The lowest BCUT2D eigenvalue weighted by Gasteiger charge is -2.28. The SMILES string of the molecule is CC(CN)CN(C)C(=O)C(C(F)(F)F)C(F)(F)F. The van der Waals surface area contributed by atoms with Gasteiger partial charge in [0.05, 0.1) is 0 Å². The Kier molecular flexibility index (Phi) is 5.45. The lowest BCUT2D eigenvalue weighted by atomic mass is 10.1. The highest BCUT2D eigenvalue weighted by molar-refractivity contribution is 5.80. The summed E-state index contributed by atoms with van der Waals surface area (Å²) in [5, 5.41) is 0. The molecule has 0 fully saturated rings. The number of hydrogen-bond acceptors (Lipinski definition) is 2. The molecule has 0 aromatic carbocycles. The first kappa shape index (κ1) is 17.0. The molecule has 0 aliphatic heterocycles. The second kappa shape index (κ2) is 5.77. The molecule has 0 aromatic rings. The standard InChI is InChI=1S/C9H14F6N2O/c1-5(3-16)4-17(2)7(18)6(8(10,11)12)9(13,14)15/h5-6H,3-4,16H2,1-2H3. The van der Waals surface area contributed by atoms with Crippen LogP contribution in [-0.2, 0) is 4.79 Å². The van der Waals surface area contributed by atoms with Crippen molar-refractivity contribution in [3.63, 3.8) is 0 Å². The zero-order valence-corrected chi connectivity index (χ0v) is 9.77. The topological polar surface area (TPSA) is 46.3 Å². The van der Waals surface area contributed by atoms with Gasteiger partial charge in [0.1, 0.15) is 0 Å². The van der Waals surface area contributed by atoms with Crippen molar-refractivity contribution in [1.29, 1.82) is 0 Å². The first-order valence-electron chi connectivity index (χ1n) is 4.99. The van der Waals surface area contributed by atoms with E-state index in [9.17, 15) is 31.1 Å². The Morgan fingerprint density at radius 1 is 1.17 bits per heavy atom. The van der Waals surface area contributed by atoms with Crippen LogP contribution in [0.4, 0.5) is 26.3 Å². The molecule has 108 valence electrons. The van der Waals surface area contributed by atoms with E-state index in [1.807, 2.05) is 0 Å². The summed E-state index contributed by atoms with van der Waals surface area (Å²) in [5.41, 5.74) is 5.19. The van der Waals surface area contributed by atoms with Gasteiger partial charge in [-0.2, -0.15) is 26.3 Å². The molecule has 2 N–H and O–H groups in total. The lowest BCUT2D eigenvalue weighted by molar-refractivity contribution is -0.277. The molecule has 0 saturated carbocycles. The molecule has 1 atom stereocenters. The molecule has 9 heteroatoms. The second-order valence-electron chi connectivity index (χ2n) is 4.08. The smallest absolute Gasteiger partial charge is 0.345 e. The van der Waals surface area contributed by atoms with Crippen LogP contribution in [-0.4, -0.2) is 43.3 Å². The minimum Gasteiger partial charge on any atom is -0.345 e. The number of amides is 1.